The highest BCUT2D eigenvalue weighted by atomic mass is 19.4. The van der Waals surface area contributed by atoms with E-state index in [4.69, 9.17) is 0 Å². The van der Waals surface area contributed by atoms with Crippen LogP contribution >= 0.6 is 0 Å². The second-order valence-corrected chi connectivity index (χ2v) is 4.14. The fourth-order valence-corrected chi connectivity index (χ4v) is 2.23. The van der Waals surface area contributed by atoms with E-state index in [0.29, 0.717) is 5.56 Å². The van der Waals surface area contributed by atoms with Crippen LogP contribution < -0.4 is 4.90 Å². The highest BCUT2D eigenvalue weighted by molar-refractivity contribution is 5.57. The summed E-state index contributed by atoms with van der Waals surface area (Å²) in [6.45, 7) is 3.28. The molecule has 1 heterocycles. The Morgan fingerprint density at radius 2 is 1.75 bits per heavy atom. The molecule has 0 bridgehead atoms. The lowest BCUT2D eigenvalue weighted by molar-refractivity contribution is -0.138. The van der Waals surface area contributed by atoms with Gasteiger partial charge in [-0.25, -0.2) is 0 Å². The number of alkyl halides is 3. The van der Waals surface area contributed by atoms with E-state index in [1.54, 1.807) is 13.0 Å². The van der Waals surface area contributed by atoms with Crippen LogP contribution in [0.2, 0.25) is 0 Å². The number of rotatable bonds is 1. The molecule has 0 unspecified atom stereocenters. The van der Waals surface area contributed by atoms with Crippen molar-refractivity contribution in [2.75, 3.05) is 18.0 Å². The lowest BCUT2D eigenvalue weighted by atomic mass is 10.1. The molecule has 0 amide bonds. The van der Waals surface area contributed by atoms with Gasteiger partial charge < -0.3 is 4.90 Å². The second-order valence-electron chi connectivity index (χ2n) is 4.14. The summed E-state index contributed by atoms with van der Waals surface area (Å²) >= 11 is 0. The minimum atomic E-state index is -4.25. The van der Waals surface area contributed by atoms with Gasteiger partial charge in [0.1, 0.15) is 0 Å². The predicted molar refractivity (Wildman–Crippen MR) is 57.6 cm³/mol. The van der Waals surface area contributed by atoms with Crippen LogP contribution in [0.25, 0.3) is 0 Å². The van der Waals surface area contributed by atoms with Gasteiger partial charge >= 0.3 is 6.18 Å². The van der Waals surface area contributed by atoms with Gasteiger partial charge in [-0.1, -0.05) is 6.07 Å². The lowest BCUT2D eigenvalue weighted by Gasteiger charge is -2.22. The van der Waals surface area contributed by atoms with Crippen molar-refractivity contribution in [2.45, 2.75) is 25.9 Å². The molecule has 0 aliphatic carbocycles. The largest absolute Gasteiger partial charge is 0.416 e. The molecule has 0 spiro atoms. The van der Waals surface area contributed by atoms with Crippen molar-refractivity contribution >= 4 is 5.69 Å². The Labute approximate surface area is 92.9 Å². The summed E-state index contributed by atoms with van der Waals surface area (Å²) in [5.41, 5.74) is 0.557. The van der Waals surface area contributed by atoms with Gasteiger partial charge in [-0.15, -0.1) is 0 Å². The monoisotopic (exact) mass is 229 g/mol. The molecule has 1 aromatic rings. The SMILES string of the molecule is Cc1c(N2CCCC2)cccc1C(F)(F)F. The maximum atomic E-state index is 12.7. The van der Waals surface area contributed by atoms with Gasteiger partial charge in [0.15, 0.2) is 0 Å². The van der Waals surface area contributed by atoms with Crippen LogP contribution in [-0.2, 0) is 6.18 Å². The van der Waals surface area contributed by atoms with Crippen molar-refractivity contribution in [1.29, 1.82) is 0 Å². The highest BCUT2D eigenvalue weighted by Gasteiger charge is 2.33. The first-order valence-corrected chi connectivity index (χ1v) is 5.42. The van der Waals surface area contributed by atoms with E-state index in [1.807, 2.05) is 4.90 Å². The molecule has 0 N–H and O–H groups in total. The normalized spacial score (nSPS) is 16.9. The van der Waals surface area contributed by atoms with Crippen molar-refractivity contribution < 1.29 is 13.2 Å². The first-order valence-electron chi connectivity index (χ1n) is 5.42. The fourth-order valence-electron chi connectivity index (χ4n) is 2.23. The topological polar surface area (TPSA) is 3.24 Å². The standard InChI is InChI=1S/C12H14F3N/c1-9-10(12(13,14)15)5-4-6-11(9)16-7-2-3-8-16/h4-6H,2-3,7-8H2,1H3. The zero-order valence-electron chi connectivity index (χ0n) is 9.14. The van der Waals surface area contributed by atoms with E-state index >= 15 is 0 Å². The van der Waals surface area contributed by atoms with Crippen LogP contribution in [0, 0.1) is 6.92 Å². The average molecular weight is 229 g/mol. The smallest absolute Gasteiger partial charge is 0.371 e. The van der Waals surface area contributed by atoms with E-state index < -0.39 is 11.7 Å². The Kier molecular flexibility index (Phi) is 2.82. The molecule has 1 saturated heterocycles. The van der Waals surface area contributed by atoms with Crippen molar-refractivity contribution in [3.63, 3.8) is 0 Å². The quantitative estimate of drug-likeness (QED) is 0.711. The molecule has 1 aliphatic heterocycles. The molecule has 0 atom stereocenters. The van der Waals surface area contributed by atoms with Crippen molar-refractivity contribution in [2.24, 2.45) is 0 Å². The minimum Gasteiger partial charge on any atom is -0.371 e. The molecule has 1 aromatic carbocycles. The summed E-state index contributed by atoms with van der Waals surface area (Å²) in [6, 6.07) is 4.41. The highest BCUT2D eigenvalue weighted by Crippen LogP contribution is 2.36. The third-order valence-electron chi connectivity index (χ3n) is 3.06. The number of hydrogen-bond acceptors (Lipinski definition) is 1. The summed E-state index contributed by atoms with van der Waals surface area (Å²) in [7, 11) is 0. The van der Waals surface area contributed by atoms with Crippen LogP contribution in [0.1, 0.15) is 24.0 Å². The molecule has 0 radical (unpaired) electrons. The first kappa shape index (κ1) is 11.3. The van der Waals surface area contributed by atoms with Crippen LogP contribution in [0.5, 0.6) is 0 Å². The van der Waals surface area contributed by atoms with Crippen molar-refractivity contribution in [3.8, 4) is 0 Å². The number of benzene rings is 1. The van der Waals surface area contributed by atoms with E-state index in [2.05, 4.69) is 0 Å². The zero-order valence-corrected chi connectivity index (χ0v) is 9.14. The molecule has 0 saturated carbocycles. The first-order chi connectivity index (χ1) is 7.50. The summed E-state index contributed by atoms with van der Waals surface area (Å²) < 4.78 is 38.1. The minimum absolute atomic E-state index is 0.344. The van der Waals surface area contributed by atoms with Crippen molar-refractivity contribution in [3.05, 3.63) is 29.3 Å². The van der Waals surface area contributed by atoms with Crippen LogP contribution in [-0.4, -0.2) is 13.1 Å². The number of hydrogen-bond donors (Lipinski definition) is 0. The summed E-state index contributed by atoms with van der Waals surface area (Å²) in [5, 5.41) is 0. The Hall–Kier alpha value is -1.19. The fraction of sp³-hybridized carbons (Fsp3) is 0.500. The third kappa shape index (κ3) is 2.01. The summed E-state index contributed by atoms with van der Waals surface area (Å²) in [5.74, 6) is 0. The van der Waals surface area contributed by atoms with Crippen LogP contribution in [0.4, 0.5) is 18.9 Å². The van der Waals surface area contributed by atoms with Crippen LogP contribution in [0.3, 0.4) is 0 Å². The molecule has 16 heavy (non-hydrogen) atoms. The Balaban J connectivity index is 2.40. The van der Waals surface area contributed by atoms with E-state index in [9.17, 15) is 13.2 Å². The molecule has 88 valence electrons. The third-order valence-corrected chi connectivity index (χ3v) is 3.06. The molecule has 1 aliphatic rings. The van der Waals surface area contributed by atoms with Crippen molar-refractivity contribution in [1.82, 2.24) is 0 Å². The molecule has 2 rings (SSSR count). The van der Waals surface area contributed by atoms with E-state index in [0.717, 1.165) is 37.7 Å². The van der Waals surface area contributed by atoms with E-state index in [-0.39, 0.29) is 0 Å². The Morgan fingerprint density at radius 3 is 2.31 bits per heavy atom. The average Bonchev–Trinajstić information content (AvgIpc) is 2.69. The molecule has 1 fully saturated rings. The zero-order chi connectivity index (χ0) is 11.8. The van der Waals surface area contributed by atoms with Crippen LogP contribution in [0.15, 0.2) is 18.2 Å². The number of halogens is 3. The Bertz CT molecular complexity index is 378. The lowest BCUT2D eigenvalue weighted by Crippen LogP contribution is -2.20. The van der Waals surface area contributed by atoms with Gasteiger partial charge in [0.05, 0.1) is 5.56 Å². The number of anilines is 1. The maximum Gasteiger partial charge on any atom is 0.416 e. The van der Waals surface area contributed by atoms with Gasteiger partial charge in [-0.2, -0.15) is 13.2 Å². The van der Waals surface area contributed by atoms with Gasteiger partial charge in [-0.3, -0.25) is 0 Å². The number of nitrogens with zero attached hydrogens (tertiary/aromatic N) is 1. The maximum absolute atomic E-state index is 12.7. The molecule has 0 aromatic heterocycles. The van der Waals surface area contributed by atoms with E-state index in [1.165, 1.54) is 6.07 Å². The van der Waals surface area contributed by atoms with Gasteiger partial charge in [0.25, 0.3) is 0 Å². The Morgan fingerprint density at radius 1 is 1.12 bits per heavy atom. The second kappa shape index (κ2) is 4.00. The van der Waals surface area contributed by atoms with Gasteiger partial charge in [-0.05, 0) is 37.5 Å². The summed E-state index contributed by atoms with van der Waals surface area (Å²) in [4.78, 5) is 2.03. The van der Waals surface area contributed by atoms with Gasteiger partial charge in [0.2, 0.25) is 0 Å². The summed E-state index contributed by atoms with van der Waals surface area (Å²) in [6.07, 6.45) is -2.12. The predicted octanol–water partition coefficient (Wildman–Crippen LogP) is 3.61. The van der Waals surface area contributed by atoms with Gasteiger partial charge in [0, 0.05) is 18.8 Å². The molecular formula is C12H14F3N. The molecule has 4 heteroatoms. The molecular weight excluding hydrogens is 215 g/mol. The molecule has 1 nitrogen and oxygen atoms in total.